The van der Waals surface area contributed by atoms with Gasteiger partial charge in [-0.15, -0.1) is 0 Å². The lowest BCUT2D eigenvalue weighted by Gasteiger charge is -2.39. The normalized spacial score (nSPS) is 23.8. The molecule has 0 saturated carbocycles. The van der Waals surface area contributed by atoms with E-state index in [4.69, 9.17) is 30.5 Å². The maximum Gasteiger partial charge on any atom is 0.259 e. The van der Waals surface area contributed by atoms with Crippen LogP contribution in [-0.4, -0.2) is 77.9 Å². The number of hydrogen-bond acceptors (Lipinski definition) is 9. The van der Waals surface area contributed by atoms with Gasteiger partial charge in [0.05, 0.1) is 37.1 Å². The summed E-state index contributed by atoms with van der Waals surface area (Å²) >= 11 is 6.16. The van der Waals surface area contributed by atoms with E-state index in [9.17, 15) is 25.2 Å². The molecule has 1 aliphatic heterocycles. The summed E-state index contributed by atoms with van der Waals surface area (Å²) in [4.78, 5) is 13.4. The minimum absolute atomic E-state index is 0.0374. The number of hydrogen-bond donors (Lipinski definition) is 5. The van der Waals surface area contributed by atoms with Crippen molar-refractivity contribution in [3.8, 4) is 17.2 Å². The van der Waals surface area contributed by atoms with Crippen molar-refractivity contribution < 1.29 is 44.2 Å². The Morgan fingerprint density at radius 3 is 2.25 bits per heavy atom. The van der Waals surface area contributed by atoms with Gasteiger partial charge in [0.25, 0.3) is 5.91 Å². The molecule has 5 N–H and O–H groups in total. The summed E-state index contributed by atoms with van der Waals surface area (Å²) in [7, 11) is 2.87. The van der Waals surface area contributed by atoms with Crippen LogP contribution in [-0.2, 0) is 4.74 Å². The second kappa shape index (κ2) is 10.9. The quantitative estimate of drug-likeness (QED) is 0.316. The molecule has 1 amide bonds. The van der Waals surface area contributed by atoms with Crippen molar-refractivity contribution in [2.75, 3.05) is 26.1 Å². The van der Waals surface area contributed by atoms with Crippen LogP contribution in [0, 0.1) is 0 Å². The van der Waals surface area contributed by atoms with Crippen molar-refractivity contribution in [2.24, 2.45) is 0 Å². The van der Waals surface area contributed by atoms with E-state index < -0.39 is 43.2 Å². The molecular formula is C25H26ClNO9. The van der Waals surface area contributed by atoms with Gasteiger partial charge < -0.3 is 44.7 Å². The van der Waals surface area contributed by atoms with Gasteiger partial charge in [-0.25, -0.2) is 0 Å². The van der Waals surface area contributed by atoms with Crippen molar-refractivity contribution >= 4 is 34.0 Å². The lowest BCUT2D eigenvalue weighted by Crippen LogP contribution is -2.60. The lowest BCUT2D eigenvalue weighted by atomic mass is 9.99. The zero-order valence-electron chi connectivity index (χ0n) is 19.4. The Labute approximate surface area is 211 Å². The van der Waals surface area contributed by atoms with Crippen LogP contribution in [0.5, 0.6) is 17.2 Å². The standard InChI is InChI=1S/C25H26ClNO9/c1-33-18-10-16(19(34-2)9-15(18)26)27-24(32)14-7-12-5-3-4-6-13(12)8-17(14)35-25-23(31)22(30)21(29)20(11-28)36-25/h3-10,20-23,25,28-31H,11H2,1-2H3,(H,27,32)/t20-,21-,22+,23+,25-/m0/s1. The minimum atomic E-state index is -1.65. The molecule has 3 aromatic carbocycles. The highest BCUT2D eigenvalue weighted by atomic mass is 35.5. The Kier molecular flexibility index (Phi) is 7.84. The molecule has 192 valence electrons. The fourth-order valence-electron chi connectivity index (χ4n) is 3.93. The highest BCUT2D eigenvalue weighted by Gasteiger charge is 2.45. The van der Waals surface area contributed by atoms with Gasteiger partial charge in [0.15, 0.2) is 0 Å². The largest absolute Gasteiger partial charge is 0.495 e. The second-order valence-electron chi connectivity index (χ2n) is 8.15. The third kappa shape index (κ3) is 5.05. The van der Waals surface area contributed by atoms with Crippen molar-refractivity contribution in [1.82, 2.24) is 0 Å². The number of amides is 1. The zero-order valence-corrected chi connectivity index (χ0v) is 20.2. The van der Waals surface area contributed by atoms with E-state index >= 15 is 0 Å². The molecule has 0 unspecified atom stereocenters. The summed E-state index contributed by atoms with van der Waals surface area (Å²) in [5, 5.41) is 44.6. The first kappa shape index (κ1) is 26.0. The Balaban J connectivity index is 1.72. The van der Waals surface area contributed by atoms with Crippen LogP contribution in [0.3, 0.4) is 0 Å². The molecule has 0 spiro atoms. The molecule has 0 aromatic heterocycles. The number of carbonyl (C=O) groups excluding carboxylic acids is 1. The van der Waals surface area contributed by atoms with Gasteiger partial charge in [-0.1, -0.05) is 35.9 Å². The van der Waals surface area contributed by atoms with Crippen molar-refractivity contribution in [1.29, 1.82) is 0 Å². The van der Waals surface area contributed by atoms with Crippen LogP contribution < -0.4 is 19.5 Å². The van der Waals surface area contributed by atoms with Crippen LogP contribution in [0.25, 0.3) is 10.8 Å². The Bertz CT molecular complexity index is 1250. The number of ether oxygens (including phenoxy) is 4. The Morgan fingerprint density at radius 2 is 1.61 bits per heavy atom. The van der Waals surface area contributed by atoms with Crippen LogP contribution in [0.4, 0.5) is 5.69 Å². The summed E-state index contributed by atoms with van der Waals surface area (Å²) in [6.07, 6.45) is -7.47. The molecule has 3 aromatic rings. The summed E-state index contributed by atoms with van der Waals surface area (Å²) in [5.74, 6) is 0.0776. The first-order valence-corrected chi connectivity index (χ1v) is 11.4. The molecule has 0 aliphatic carbocycles. The highest BCUT2D eigenvalue weighted by Crippen LogP contribution is 2.37. The van der Waals surface area contributed by atoms with Gasteiger partial charge >= 0.3 is 0 Å². The summed E-state index contributed by atoms with van der Waals surface area (Å²) in [6, 6.07) is 13.5. The molecule has 5 atom stereocenters. The average molecular weight is 520 g/mol. The highest BCUT2D eigenvalue weighted by molar-refractivity contribution is 6.32. The summed E-state index contributed by atoms with van der Waals surface area (Å²) < 4.78 is 21.9. The first-order valence-electron chi connectivity index (χ1n) is 11.0. The molecule has 0 bridgehead atoms. The van der Waals surface area contributed by atoms with Crippen molar-refractivity contribution in [3.05, 3.63) is 59.1 Å². The molecule has 1 heterocycles. The van der Waals surface area contributed by atoms with Crippen LogP contribution >= 0.6 is 11.6 Å². The summed E-state index contributed by atoms with van der Waals surface area (Å²) in [5.41, 5.74) is 0.373. The molecule has 36 heavy (non-hydrogen) atoms. The molecule has 11 heteroatoms. The van der Waals surface area contributed by atoms with Gasteiger partial charge in [0.2, 0.25) is 6.29 Å². The van der Waals surface area contributed by atoms with Crippen LogP contribution in [0.15, 0.2) is 48.5 Å². The topological polar surface area (TPSA) is 147 Å². The smallest absolute Gasteiger partial charge is 0.259 e. The summed E-state index contributed by atoms with van der Waals surface area (Å²) in [6.45, 7) is -0.617. The Hall–Kier alpha value is -3.12. The second-order valence-corrected chi connectivity index (χ2v) is 8.56. The number of halogens is 1. The maximum absolute atomic E-state index is 13.4. The number of aliphatic hydroxyl groups excluding tert-OH is 4. The fraction of sp³-hybridized carbons (Fsp3) is 0.320. The first-order chi connectivity index (χ1) is 17.3. The number of aliphatic hydroxyl groups is 4. The van der Waals surface area contributed by atoms with Crippen LogP contribution in [0.1, 0.15) is 10.4 Å². The van der Waals surface area contributed by atoms with Gasteiger partial charge in [-0.3, -0.25) is 4.79 Å². The van der Waals surface area contributed by atoms with Crippen LogP contribution in [0.2, 0.25) is 5.02 Å². The number of rotatable bonds is 7. The maximum atomic E-state index is 13.4. The van der Waals surface area contributed by atoms with E-state index in [0.29, 0.717) is 16.5 Å². The van der Waals surface area contributed by atoms with E-state index in [2.05, 4.69) is 5.32 Å². The predicted octanol–water partition coefficient (Wildman–Crippen LogP) is 1.94. The lowest BCUT2D eigenvalue weighted by molar-refractivity contribution is -0.277. The monoisotopic (exact) mass is 519 g/mol. The average Bonchev–Trinajstić information content (AvgIpc) is 2.89. The number of fused-ring (bicyclic) bond motifs is 1. The predicted molar refractivity (Wildman–Crippen MR) is 131 cm³/mol. The van der Waals surface area contributed by atoms with Gasteiger partial charge in [0.1, 0.15) is 41.7 Å². The van der Waals surface area contributed by atoms with Gasteiger partial charge in [-0.2, -0.15) is 0 Å². The Morgan fingerprint density at radius 1 is 0.944 bits per heavy atom. The molecule has 1 fully saturated rings. The van der Waals surface area contributed by atoms with Gasteiger partial charge in [-0.05, 0) is 22.9 Å². The number of carbonyl (C=O) groups is 1. The van der Waals surface area contributed by atoms with E-state index in [0.717, 1.165) is 10.8 Å². The molecule has 1 aliphatic rings. The fourth-order valence-corrected chi connectivity index (χ4v) is 4.16. The molecule has 1 saturated heterocycles. The van der Waals surface area contributed by atoms with Crippen molar-refractivity contribution in [2.45, 2.75) is 30.7 Å². The number of methoxy groups -OCH3 is 2. The van der Waals surface area contributed by atoms with E-state index in [-0.39, 0.29) is 17.0 Å². The van der Waals surface area contributed by atoms with E-state index in [1.54, 1.807) is 12.1 Å². The third-order valence-corrected chi connectivity index (χ3v) is 6.20. The number of nitrogens with one attached hydrogen (secondary N) is 1. The number of benzene rings is 3. The molecule has 4 rings (SSSR count). The zero-order chi connectivity index (χ0) is 26.0. The number of anilines is 1. The SMILES string of the molecule is COc1cc(NC(=O)c2cc3ccccc3cc2O[C@H]2O[C@@H](CO)[C@H](O)[C@@H](O)[C@H]2O)c(OC)cc1Cl. The van der Waals surface area contributed by atoms with Gasteiger partial charge in [0, 0.05) is 12.1 Å². The minimum Gasteiger partial charge on any atom is -0.495 e. The van der Waals surface area contributed by atoms with Crippen molar-refractivity contribution in [3.63, 3.8) is 0 Å². The molecule has 0 radical (unpaired) electrons. The molecular weight excluding hydrogens is 494 g/mol. The third-order valence-electron chi connectivity index (χ3n) is 5.91. The van der Waals surface area contributed by atoms with E-state index in [1.807, 2.05) is 24.3 Å². The van der Waals surface area contributed by atoms with E-state index in [1.165, 1.54) is 26.4 Å². The molecule has 10 nitrogen and oxygen atoms in total.